The monoisotopic (exact) mass is 349 g/mol. The molecular weight excluding hydrogens is 322 g/mol. The van der Waals surface area contributed by atoms with Crippen molar-refractivity contribution in [1.82, 2.24) is 4.57 Å². The third-order valence-electron chi connectivity index (χ3n) is 4.47. The van der Waals surface area contributed by atoms with Crippen molar-refractivity contribution in [3.63, 3.8) is 0 Å². The average molecular weight is 349 g/mol. The van der Waals surface area contributed by atoms with Crippen LogP contribution in [0.15, 0.2) is 29.8 Å². The zero-order valence-corrected chi connectivity index (χ0v) is 16.5. The van der Waals surface area contributed by atoms with Crippen molar-refractivity contribution in [2.45, 2.75) is 48.1 Å². The highest BCUT2D eigenvalue weighted by Gasteiger charge is 2.14. The lowest BCUT2D eigenvalue weighted by molar-refractivity contribution is -0.112. The molecule has 0 spiro atoms. The second-order valence-electron chi connectivity index (χ2n) is 7.27. The van der Waals surface area contributed by atoms with Gasteiger partial charge in [-0.15, -0.1) is 0 Å². The van der Waals surface area contributed by atoms with Gasteiger partial charge in [0.15, 0.2) is 0 Å². The van der Waals surface area contributed by atoms with E-state index in [-0.39, 0.29) is 11.5 Å². The van der Waals surface area contributed by atoms with E-state index in [2.05, 4.69) is 30.7 Å². The van der Waals surface area contributed by atoms with Crippen LogP contribution in [0.5, 0.6) is 0 Å². The lowest BCUT2D eigenvalue weighted by Gasteiger charge is -2.12. The van der Waals surface area contributed by atoms with E-state index in [1.54, 1.807) is 6.08 Å². The van der Waals surface area contributed by atoms with Crippen molar-refractivity contribution in [2.24, 2.45) is 5.92 Å². The molecule has 0 aliphatic heterocycles. The van der Waals surface area contributed by atoms with Crippen LogP contribution >= 0.6 is 0 Å². The van der Waals surface area contributed by atoms with Crippen molar-refractivity contribution < 1.29 is 4.79 Å². The van der Waals surface area contributed by atoms with E-state index in [0.717, 1.165) is 40.3 Å². The molecule has 0 aliphatic carbocycles. The van der Waals surface area contributed by atoms with Gasteiger partial charge >= 0.3 is 0 Å². The smallest absolute Gasteiger partial charge is 0.266 e. The number of aryl methyl sites for hydroxylation is 3. The van der Waals surface area contributed by atoms with E-state index in [1.807, 2.05) is 51.1 Å². The molecule has 0 saturated carbocycles. The normalized spacial score (nSPS) is 11.5. The number of nitriles is 1. The Bertz CT molecular complexity index is 895. The molecule has 0 unspecified atom stereocenters. The van der Waals surface area contributed by atoms with Crippen molar-refractivity contribution >= 4 is 17.7 Å². The van der Waals surface area contributed by atoms with Crippen LogP contribution in [-0.4, -0.2) is 10.5 Å². The summed E-state index contributed by atoms with van der Waals surface area (Å²) in [6.07, 6.45) is 1.68. The van der Waals surface area contributed by atoms with Gasteiger partial charge in [-0.25, -0.2) is 0 Å². The summed E-state index contributed by atoms with van der Waals surface area (Å²) < 4.78 is 2.23. The number of amides is 1. The topological polar surface area (TPSA) is 57.8 Å². The van der Waals surface area contributed by atoms with Crippen LogP contribution in [0, 0.1) is 44.9 Å². The highest BCUT2D eigenvalue weighted by atomic mass is 16.1. The van der Waals surface area contributed by atoms with Gasteiger partial charge in [-0.3, -0.25) is 4.79 Å². The summed E-state index contributed by atoms with van der Waals surface area (Å²) in [5.41, 5.74) is 5.99. The second-order valence-corrected chi connectivity index (χ2v) is 7.27. The molecule has 1 heterocycles. The molecule has 136 valence electrons. The molecule has 0 aliphatic rings. The molecule has 1 aromatic carbocycles. The Hall–Kier alpha value is -2.80. The van der Waals surface area contributed by atoms with Crippen LogP contribution in [0.25, 0.3) is 6.08 Å². The summed E-state index contributed by atoms with van der Waals surface area (Å²) >= 11 is 0. The predicted octanol–water partition coefficient (Wildman–Crippen LogP) is 4.92. The maximum absolute atomic E-state index is 12.6. The molecule has 1 amide bonds. The quantitative estimate of drug-likeness (QED) is 0.615. The van der Waals surface area contributed by atoms with Gasteiger partial charge in [0.2, 0.25) is 0 Å². The van der Waals surface area contributed by atoms with E-state index in [0.29, 0.717) is 5.92 Å². The standard InChI is InChI=1S/C22H27N3O/c1-14(2)13-25-17(5)10-19(18(25)6)11-20(12-23)22(26)24-21-9-15(3)7-8-16(21)4/h7-11,14H,13H2,1-6H3,(H,24,26)/b20-11+. The average Bonchev–Trinajstić information content (AvgIpc) is 2.82. The molecule has 0 saturated heterocycles. The molecule has 26 heavy (non-hydrogen) atoms. The van der Waals surface area contributed by atoms with Gasteiger partial charge in [-0.2, -0.15) is 5.26 Å². The maximum atomic E-state index is 12.6. The number of hydrogen-bond acceptors (Lipinski definition) is 2. The Morgan fingerprint density at radius 2 is 1.92 bits per heavy atom. The Morgan fingerprint density at radius 1 is 1.23 bits per heavy atom. The van der Waals surface area contributed by atoms with Crippen LogP contribution in [0.4, 0.5) is 5.69 Å². The van der Waals surface area contributed by atoms with Crippen LogP contribution in [-0.2, 0) is 11.3 Å². The maximum Gasteiger partial charge on any atom is 0.266 e. The molecule has 0 fully saturated rings. The Kier molecular flexibility index (Phi) is 6.05. The van der Waals surface area contributed by atoms with E-state index in [4.69, 9.17) is 0 Å². The zero-order chi connectivity index (χ0) is 19.4. The highest BCUT2D eigenvalue weighted by Crippen LogP contribution is 2.21. The van der Waals surface area contributed by atoms with Crippen molar-refractivity contribution in [3.8, 4) is 6.07 Å². The Labute approximate surface area is 156 Å². The van der Waals surface area contributed by atoms with Crippen molar-refractivity contribution in [3.05, 3.63) is 57.9 Å². The number of aromatic nitrogens is 1. The summed E-state index contributed by atoms with van der Waals surface area (Å²) in [7, 11) is 0. The second kappa shape index (κ2) is 8.05. The summed E-state index contributed by atoms with van der Waals surface area (Å²) in [6, 6.07) is 9.94. The summed E-state index contributed by atoms with van der Waals surface area (Å²) in [6.45, 7) is 13.2. The summed E-state index contributed by atoms with van der Waals surface area (Å²) in [5.74, 6) is 0.148. The van der Waals surface area contributed by atoms with Gasteiger partial charge in [0.05, 0.1) is 0 Å². The lowest BCUT2D eigenvalue weighted by atomic mass is 10.1. The highest BCUT2D eigenvalue weighted by molar-refractivity contribution is 6.10. The van der Waals surface area contributed by atoms with E-state index in [9.17, 15) is 10.1 Å². The third-order valence-corrected chi connectivity index (χ3v) is 4.47. The van der Waals surface area contributed by atoms with Crippen LogP contribution in [0.2, 0.25) is 0 Å². The fourth-order valence-electron chi connectivity index (χ4n) is 2.98. The van der Waals surface area contributed by atoms with Gasteiger partial charge in [0.25, 0.3) is 5.91 Å². The predicted molar refractivity (Wildman–Crippen MR) is 107 cm³/mol. The van der Waals surface area contributed by atoms with Gasteiger partial charge in [0, 0.05) is 23.6 Å². The van der Waals surface area contributed by atoms with E-state index < -0.39 is 0 Å². The first-order valence-corrected chi connectivity index (χ1v) is 8.90. The minimum atomic E-state index is -0.380. The van der Waals surface area contributed by atoms with Gasteiger partial charge in [-0.05, 0) is 68.5 Å². The zero-order valence-electron chi connectivity index (χ0n) is 16.5. The van der Waals surface area contributed by atoms with Crippen LogP contribution in [0.3, 0.4) is 0 Å². The SMILES string of the molecule is Cc1ccc(C)c(NC(=O)/C(C#N)=C/c2cc(C)n(CC(C)C)c2C)c1. The first-order valence-electron chi connectivity index (χ1n) is 8.90. The van der Waals surface area contributed by atoms with Crippen molar-refractivity contribution in [2.75, 3.05) is 5.32 Å². The number of benzene rings is 1. The van der Waals surface area contributed by atoms with E-state index in [1.165, 1.54) is 0 Å². The Morgan fingerprint density at radius 3 is 2.54 bits per heavy atom. The third kappa shape index (κ3) is 4.43. The van der Waals surface area contributed by atoms with Crippen LogP contribution in [0.1, 0.15) is 41.9 Å². The molecule has 2 aromatic rings. The molecule has 4 nitrogen and oxygen atoms in total. The van der Waals surface area contributed by atoms with Gasteiger partial charge in [0.1, 0.15) is 11.6 Å². The lowest BCUT2D eigenvalue weighted by Crippen LogP contribution is -2.14. The summed E-state index contributed by atoms with van der Waals surface area (Å²) in [4.78, 5) is 12.6. The molecular formula is C22H27N3O. The fourth-order valence-corrected chi connectivity index (χ4v) is 2.98. The molecule has 4 heteroatoms. The molecule has 0 bridgehead atoms. The number of hydrogen-bond donors (Lipinski definition) is 1. The van der Waals surface area contributed by atoms with Crippen LogP contribution < -0.4 is 5.32 Å². The number of nitrogens with one attached hydrogen (secondary N) is 1. The first-order chi connectivity index (χ1) is 12.2. The molecule has 1 N–H and O–H groups in total. The first kappa shape index (κ1) is 19.5. The number of carbonyl (C=O) groups excluding carboxylic acids is 1. The van der Waals surface area contributed by atoms with E-state index >= 15 is 0 Å². The minimum absolute atomic E-state index is 0.107. The van der Waals surface area contributed by atoms with Crippen molar-refractivity contribution in [1.29, 1.82) is 5.26 Å². The number of nitrogens with zero attached hydrogens (tertiary/aromatic N) is 2. The van der Waals surface area contributed by atoms with Gasteiger partial charge in [-0.1, -0.05) is 26.0 Å². The largest absolute Gasteiger partial charge is 0.348 e. The molecule has 0 radical (unpaired) electrons. The molecule has 2 rings (SSSR count). The minimum Gasteiger partial charge on any atom is -0.348 e. The summed E-state index contributed by atoms with van der Waals surface area (Å²) in [5, 5.41) is 12.3. The number of carbonyl (C=O) groups is 1. The Balaban J connectivity index is 2.32. The molecule has 1 aromatic heterocycles. The number of rotatable bonds is 5. The molecule has 0 atom stereocenters. The fraction of sp³-hybridized carbons (Fsp3) is 0.364. The van der Waals surface area contributed by atoms with Gasteiger partial charge < -0.3 is 9.88 Å². The number of anilines is 1.